The van der Waals surface area contributed by atoms with Gasteiger partial charge in [-0.2, -0.15) is 0 Å². The van der Waals surface area contributed by atoms with Crippen molar-refractivity contribution in [2.24, 2.45) is 16.6 Å². The summed E-state index contributed by atoms with van der Waals surface area (Å²) in [7, 11) is 0. The molecule has 0 spiro atoms. The first-order chi connectivity index (χ1) is 9.56. The molecule has 0 radical (unpaired) electrons. The van der Waals surface area contributed by atoms with Gasteiger partial charge in [0.1, 0.15) is 0 Å². The molecule has 2 aliphatic heterocycles. The molecule has 0 aromatic rings. The van der Waals surface area contributed by atoms with Gasteiger partial charge in [-0.3, -0.25) is 9.89 Å². The zero-order chi connectivity index (χ0) is 14.5. The van der Waals surface area contributed by atoms with E-state index < -0.39 is 0 Å². The second kappa shape index (κ2) is 9.15. The summed E-state index contributed by atoms with van der Waals surface area (Å²) in [4.78, 5) is 9.28. The number of aliphatic imine (C=N–C) groups is 1. The second-order valence-corrected chi connectivity index (χ2v) is 6.39. The van der Waals surface area contributed by atoms with Crippen molar-refractivity contribution in [1.29, 1.82) is 0 Å². The first-order valence-electron chi connectivity index (χ1n) is 7.96. The number of nitrogens with two attached hydrogens (primary N) is 1. The predicted octanol–water partition coefficient (Wildman–Crippen LogP) is 1.76. The quantitative estimate of drug-likeness (QED) is 0.438. The number of halogens is 1. The topological polar surface area (TPSA) is 54.1 Å². The Bertz CT molecular complexity index is 332. The third kappa shape index (κ3) is 5.90. The van der Waals surface area contributed by atoms with Crippen molar-refractivity contribution in [3.05, 3.63) is 0 Å². The molecule has 2 N–H and O–H groups in total. The van der Waals surface area contributed by atoms with Crippen LogP contribution >= 0.6 is 24.0 Å². The molecule has 2 rings (SSSR count). The molecule has 2 fully saturated rings. The van der Waals surface area contributed by atoms with Crippen molar-refractivity contribution in [3.63, 3.8) is 0 Å². The maximum absolute atomic E-state index is 6.11. The molecule has 2 unspecified atom stereocenters. The lowest BCUT2D eigenvalue weighted by Gasteiger charge is -2.35. The number of ether oxygens (including phenoxy) is 1. The van der Waals surface area contributed by atoms with Crippen molar-refractivity contribution >= 4 is 29.9 Å². The van der Waals surface area contributed by atoms with E-state index in [2.05, 4.69) is 35.6 Å². The Labute approximate surface area is 146 Å². The number of rotatable bonds is 3. The lowest BCUT2D eigenvalue weighted by molar-refractivity contribution is 0.00525. The Morgan fingerprint density at radius 2 is 1.95 bits per heavy atom. The van der Waals surface area contributed by atoms with E-state index in [1.165, 1.54) is 25.9 Å². The van der Waals surface area contributed by atoms with Crippen LogP contribution in [0.4, 0.5) is 0 Å². The van der Waals surface area contributed by atoms with E-state index >= 15 is 0 Å². The molecule has 0 aliphatic carbocycles. The predicted molar refractivity (Wildman–Crippen MR) is 98.3 cm³/mol. The van der Waals surface area contributed by atoms with Crippen LogP contribution in [0.5, 0.6) is 0 Å². The lowest BCUT2D eigenvalue weighted by Crippen LogP contribution is -2.48. The Hall–Kier alpha value is -0.0800. The van der Waals surface area contributed by atoms with Crippen LogP contribution in [0, 0.1) is 5.92 Å². The van der Waals surface area contributed by atoms with Crippen LogP contribution in [0.15, 0.2) is 4.99 Å². The second-order valence-electron chi connectivity index (χ2n) is 6.39. The molecule has 2 heterocycles. The SMILES string of the molecule is CC1CCN(C(C)CN=C(N)N2CCOC(C)C2)CC1.I. The third-order valence-electron chi connectivity index (χ3n) is 4.52. The molecular formula is C15H31IN4O. The van der Waals surface area contributed by atoms with Gasteiger partial charge < -0.3 is 15.4 Å². The zero-order valence-corrected chi connectivity index (χ0v) is 16.0. The van der Waals surface area contributed by atoms with E-state index in [4.69, 9.17) is 10.5 Å². The minimum absolute atomic E-state index is 0. The molecular weight excluding hydrogens is 379 g/mol. The first kappa shape index (κ1) is 19.0. The summed E-state index contributed by atoms with van der Waals surface area (Å²) < 4.78 is 5.53. The van der Waals surface area contributed by atoms with Gasteiger partial charge in [0.15, 0.2) is 5.96 Å². The molecule has 21 heavy (non-hydrogen) atoms. The fraction of sp³-hybridized carbons (Fsp3) is 0.933. The Morgan fingerprint density at radius 3 is 2.57 bits per heavy atom. The van der Waals surface area contributed by atoms with E-state index in [0.29, 0.717) is 12.0 Å². The molecule has 5 nitrogen and oxygen atoms in total. The summed E-state index contributed by atoms with van der Waals surface area (Å²) in [6, 6.07) is 0.486. The fourth-order valence-corrected chi connectivity index (χ4v) is 2.94. The normalized spacial score (nSPS) is 27.3. The molecule has 2 saturated heterocycles. The van der Waals surface area contributed by atoms with E-state index in [-0.39, 0.29) is 30.1 Å². The van der Waals surface area contributed by atoms with Crippen LogP contribution in [0.1, 0.15) is 33.6 Å². The fourth-order valence-electron chi connectivity index (χ4n) is 2.94. The number of morpholine rings is 1. The van der Waals surface area contributed by atoms with Gasteiger partial charge in [-0.25, -0.2) is 0 Å². The van der Waals surface area contributed by atoms with Crippen LogP contribution in [0.2, 0.25) is 0 Å². The summed E-state index contributed by atoms with van der Waals surface area (Å²) in [6.07, 6.45) is 2.87. The monoisotopic (exact) mass is 410 g/mol. The minimum atomic E-state index is 0. The van der Waals surface area contributed by atoms with Crippen molar-refractivity contribution in [1.82, 2.24) is 9.80 Å². The lowest BCUT2D eigenvalue weighted by atomic mass is 9.98. The number of hydrogen-bond acceptors (Lipinski definition) is 3. The van der Waals surface area contributed by atoms with E-state index in [1.54, 1.807) is 0 Å². The number of likely N-dealkylation sites (tertiary alicyclic amines) is 1. The summed E-state index contributed by atoms with van der Waals surface area (Å²) in [6.45, 7) is 12.3. The molecule has 0 aromatic carbocycles. The Balaban J connectivity index is 0.00000220. The Kier molecular flexibility index (Phi) is 8.26. The van der Waals surface area contributed by atoms with Crippen molar-refractivity contribution < 1.29 is 4.74 Å². The van der Waals surface area contributed by atoms with Crippen molar-refractivity contribution in [2.75, 3.05) is 39.3 Å². The highest BCUT2D eigenvalue weighted by Crippen LogP contribution is 2.18. The van der Waals surface area contributed by atoms with Crippen LogP contribution < -0.4 is 5.73 Å². The molecule has 2 atom stereocenters. The largest absolute Gasteiger partial charge is 0.375 e. The van der Waals surface area contributed by atoms with E-state index in [9.17, 15) is 0 Å². The first-order valence-corrected chi connectivity index (χ1v) is 7.96. The van der Waals surface area contributed by atoms with Gasteiger partial charge in [0.2, 0.25) is 0 Å². The summed E-state index contributed by atoms with van der Waals surface area (Å²) in [5.74, 6) is 1.55. The van der Waals surface area contributed by atoms with E-state index in [0.717, 1.165) is 32.2 Å². The average molecular weight is 410 g/mol. The third-order valence-corrected chi connectivity index (χ3v) is 4.52. The molecule has 2 aliphatic rings. The average Bonchev–Trinajstić information content (AvgIpc) is 2.45. The summed E-state index contributed by atoms with van der Waals surface area (Å²) >= 11 is 0. The van der Waals surface area contributed by atoms with Gasteiger partial charge in [-0.1, -0.05) is 6.92 Å². The van der Waals surface area contributed by atoms with Crippen LogP contribution in [0.3, 0.4) is 0 Å². The van der Waals surface area contributed by atoms with Crippen molar-refractivity contribution in [3.8, 4) is 0 Å². The van der Waals surface area contributed by atoms with Gasteiger partial charge in [0.05, 0.1) is 19.3 Å². The van der Waals surface area contributed by atoms with Gasteiger partial charge in [0.25, 0.3) is 0 Å². The standard InChI is InChI=1S/C15H30N4O.HI/c1-12-4-6-18(7-5-12)13(2)10-17-15(16)19-8-9-20-14(3)11-19;/h12-14H,4-11H2,1-3H3,(H2,16,17);1H. The van der Waals surface area contributed by atoms with Crippen LogP contribution in [-0.4, -0.2) is 67.2 Å². The number of piperidine rings is 1. The van der Waals surface area contributed by atoms with Gasteiger partial charge in [-0.05, 0) is 45.7 Å². The Morgan fingerprint density at radius 1 is 1.29 bits per heavy atom. The number of hydrogen-bond donors (Lipinski definition) is 1. The van der Waals surface area contributed by atoms with Crippen LogP contribution in [-0.2, 0) is 4.74 Å². The highest BCUT2D eigenvalue weighted by molar-refractivity contribution is 14.0. The van der Waals surface area contributed by atoms with Gasteiger partial charge in [-0.15, -0.1) is 24.0 Å². The van der Waals surface area contributed by atoms with Crippen LogP contribution in [0.25, 0.3) is 0 Å². The molecule has 0 saturated carbocycles. The van der Waals surface area contributed by atoms with Gasteiger partial charge >= 0.3 is 0 Å². The maximum Gasteiger partial charge on any atom is 0.191 e. The molecule has 0 amide bonds. The summed E-state index contributed by atoms with van der Waals surface area (Å²) in [5, 5.41) is 0. The van der Waals surface area contributed by atoms with Gasteiger partial charge in [0, 0.05) is 19.1 Å². The number of nitrogens with zero attached hydrogens (tertiary/aromatic N) is 3. The van der Waals surface area contributed by atoms with Crippen molar-refractivity contribution in [2.45, 2.75) is 45.8 Å². The number of guanidine groups is 1. The highest BCUT2D eigenvalue weighted by Gasteiger charge is 2.21. The zero-order valence-electron chi connectivity index (χ0n) is 13.6. The van der Waals surface area contributed by atoms with E-state index in [1.807, 2.05) is 0 Å². The maximum atomic E-state index is 6.11. The molecule has 0 bridgehead atoms. The molecule has 6 heteroatoms. The molecule has 124 valence electrons. The smallest absolute Gasteiger partial charge is 0.191 e. The minimum Gasteiger partial charge on any atom is -0.375 e. The highest BCUT2D eigenvalue weighted by atomic mass is 127. The molecule has 0 aromatic heterocycles. The summed E-state index contributed by atoms with van der Waals surface area (Å²) in [5.41, 5.74) is 6.11.